The van der Waals surface area contributed by atoms with Gasteiger partial charge in [-0.25, -0.2) is 0 Å². The van der Waals surface area contributed by atoms with Crippen molar-refractivity contribution in [2.24, 2.45) is 0 Å². The van der Waals surface area contributed by atoms with Crippen molar-refractivity contribution in [2.75, 3.05) is 12.8 Å². The maximum atomic E-state index is 3.70. The molecule has 1 heteroatoms. The van der Waals surface area contributed by atoms with E-state index in [9.17, 15) is 0 Å². The Morgan fingerprint density at radius 1 is 1.33 bits per heavy atom. The quantitative estimate of drug-likeness (QED) is 0.444. The Hall–Kier alpha value is -0.610. The summed E-state index contributed by atoms with van der Waals surface area (Å²) in [5, 5.41) is 1.38. The van der Waals surface area contributed by atoms with E-state index in [1.165, 1.54) is 11.5 Å². The van der Waals surface area contributed by atoms with E-state index in [0.717, 1.165) is 0 Å². The molecule has 0 saturated heterocycles. The largest absolute Gasteiger partial charge is 0.0991 e. The van der Waals surface area contributed by atoms with Crippen molar-refractivity contribution in [3.63, 3.8) is 0 Å². The standard InChI is InChI=1S/C11H17P/c1-5-8-10-11(9-6-2)12(4)7-3/h5-6,8-10H,1-2,7H2,3-4H3/b10-8-,11-9+. The summed E-state index contributed by atoms with van der Waals surface area (Å²) in [4.78, 5) is 0. The maximum absolute atomic E-state index is 3.70. The van der Waals surface area contributed by atoms with Crippen LogP contribution in [0.2, 0.25) is 0 Å². The first-order valence-corrected chi connectivity index (χ1v) is 6.06. The molecule has 0 saturated carbocycles. The van der Waals surface area contributed by atoms with E-state index >= 15 is 0 Å². The first-order valence-electron chi connectivity index (χ1n) is 4.09. The van der Waals surface area contributed by atoms with Gasteiger partial charge in [0.2, 0.25) is 0 Å². The highest BCUT2D eigenvalue weighted by Gasteiger charge is 1.99. The van der Waals surface area contributed by atoms with Crippen LogP contribution in [0.5, 0.6) is 0 Å². The smallest absolute Gasteiger partial charge is 0.0243 e. The minimum Gasteiger partial charge on any atom is -0.0991 e. The Balaban J connectivity index is 4.42. The van der Waals surface area contributed by atoms with Crippen molar-refractivity contribution in [3.05, 3.63) is 48.9 Å². The lowest BCUT2D eigenvalue weighted by atomic mass is 10.4. The third-order valence-electron chi connectivity index (χ3n) is 1.61. The minimum absolute atomic E-state index is 0.00399. The zero-order chi connectivity index (χ0) is 9.40. The SMILES string of the molecule is C=C/C=C\C(=C/C=C)P(C)CC. The highest BCUT2D eigenvalue weighted by atomic mass is 31.1. The van der Waals surface area contributed by atoms with Crippen LogP contribution < -0.4 is 0 Å². The molecule has 0 rings (SSSR count). The second-order valence-electron chi connectivity index (χ2n) is 2.44. The van der Waals surface area contributed by atoms with E-state index < -0.39 is 0 Å². The molecule has 0 N–H and O–H groups in total. The third kappa shape index (κ3) is 4.31. The fourth-order valence-electron chi connectivity index (χ4n) is 0.780. The molecular weight excluding hydrogens is 163 g/mol. The van der Waals surface area contributed by atoms with Crippen LogP contribution in [0.15, 0.2) is 48.9 Å². The van der Waals surface area contributed by atoms with Gasteiger partial charge in [0.15, 0.2) is 0 Å². The lowest BCUT2D eigenvalue weighted by Crippen LogP contribution is -1.78. The van der Waals surface area contributed by atoms with Gasteiger partial charge in [-0.3, -0.25) is 0 Å². The summed E-state index contributed by atoms with van der Waals surface area (Å²) in [7, 11) is -0.00399. The molecule has 0 fully saturated rings. The van der Waals surface area contributed by atoms with Crippen LogP contribution in [0.25, 0.3) is 0 Å². The van der Waals surface area contributed by atoms with Crippen LogP contribution in [0.3, 0.4) is 0 Å². The summed E-state index contributed by atoms with van der Waals surface area (Å²) in [6.45, 7) is 11.8. The summed E-state index contributed by atoms with van der Waals surface area (Å²) < 4.78 is 0. The average Bonchev–Trinajstić information content (AvgIpc) is 2.11. The van der Waals surface area contributed by atoms with Gasteiger partial charge in [-0.15, -0.1) is 0 Å². The van der Waals surface area contributed by atoms with E-state index in [-0.39, 0.29) is 7.92 Å². The first-order chi connectivity index (χ1) is 5.76. The van der Waals surface area contributed by atoms with Gasteiger partial charge in [0.05, 0.1) is 0 Å². The zero-order valence-corrected chi connectivity index (χ0v) is 8.85. The molecule has 0 aliphatic carbocycles. The Kier molecular flexibility index (Phi) is 6.70. The summed E-state index contributed by atoms with van der Waals surface area (Å²) in [5.41, 5.74) is 0. The summed E-state index contributed by atoms with van der Waals surface area (Å²) >= 11 is 0. The monoisotopic (exact) mass is 180 g/mol. The molecule has 0 aliphatic rings. The number of allylic oxidation sites excluding steroid dienone is 6. The molecule has 0 aromatic carbocycles. The normalized spacial score (nSPS) is 14.7. The first kappa shape index (κ1) is 11.4. The van der Waals surface area contributed by atoms with Crippen molar-refractivity contribution < 1.29 is 0 Å². The van der Waals surface area contributed by atoms with Gasteiger partial charge in [0.1, 0.15) is 0 Å². The van der Waals surface area contributed by atoms with Crippen LogP contribution >= 0.6 is 7.92 Å². The average molecular weight is 180 g/mol. The van der Waals surface area contributed by atoms with Gasteiger partial charge in [-0.1, -0.05) is 58.4 Å². The summed E-state index contributed by atoms with van der Waals surface area (Å²) in [6.07, 6.45) is 11.0. The molecule has 0 heterocycles. The Morgan fingerprint density at radius 3 is 2.42 bits per heavy atom. The second kappa shape index (κ2) is 7.06. The molecule has 0 radical (unpaired) electrons. The van der Waals surface area contributed by atoms with E-state index in [4.69, 9.17) is 0 Å². The van der Waals surface area contributed by atoms with Gasteiger partial charge in [0, 0.05) is 0 Å². The van der Waals surface area contributed by atoms with Crippen molar-refractivity contribution >= 4 is 7.92 Å². The highest BCUT2D eigenvalue weighted by Crippen LogP contribution is 2.40. The van der Waals surface area contributed by atoms with Crippen molar-refractivity contribution in [1.82, 2.24) is 0 Å². The van der Waals surface area contributed by atoms with Crippen LogP contribution in [-0.4, -0.2) is 12.8 Å². The molecule has 0 bridgehead atoms. The molecule has 0 amide bonds. The summed E-state index contributed by atoms with van der Waals surface area (Å²) in [5.74, 6) is 0. The van der Waals surface area contributed by atoms with E-state index in [1.54, 1.807) is 6.08 Å². The van der Waals surface area contributed by atoms with Gasteiger partial charge in [-0.05, 0) is 18.1 Å². The van der Waals surface area contributed by atoms with E-state index in [1.807, 2.05) is 12.2 Å². The van der Waals surface area contributed by atoms with E-state index in [2.05, 4.69) is 38.9 Å². The van der Waals surface area contributed by atoms with Crippen LogP contribution in [-0.2, 0) is 0 Å². The third-order valence-corrected chi connectivity index (χ3v) is 3.74. The second-order valence-corrected chi connectivity index (χ2v) is 4.98. The Morgan fingerprint density at radius 2 is 2.00 bits per heavy atom. The lowest BCUT2D eigenvalue weighted by Gasteiger charge is -2.09. The number of hydrogen-bond donors (Lipinski definition) is 0. The molecule has 0 aromatic heterocycles. The van der Waals surface area contributed by atoms with Gasteiger partial charge in [0.25, 0.3) is 0 Å². The molecule has 0 spiro atoms. The topological polar surface area (TPSA) is 0 Å². The maximum Gasteiger partial charge on any atom is -0.0243 e. The van der Waals surface area contributed by atoms with Crippen LogP contribution in [0.1, 0.15) is 6.92 Å². The zero-order valence-electron chi connectivity index (χ0n) is 7.96. The molecular formula is C11H17P. The Labute approximate surface area is 77.1 Å². The Bertz CT molecular complexity index is 199. The fourth-order valence-corrected chi connectivity index (χ4v) is 1.85. The predicted octanol–water partition coefficient (Wildman–Crippen LogP) is 3.93. The minimum atomic E-state index is -0.00399. The lowest BCUT2D eigenvalue weighted by molar-refractivity contribution is 1.49. The van der Waals surface area contributed by atoms with Crippen LogP contribution in [0.4, 0.5) is 0 Å². The van der Waals surface area contributed by atoms with Gasteiger partial charge >= 0.3 is 0 Å². The fraction of sp³-hybridized carbons (Fsp3) is 0.273. The summed E-state index contributed by atoms with van der Waals surface area (Å²) in [6, 6.07) is 0. The highest BCUT2D eigenvalue weighted by molar-refractivity contribution is 7.61. The van der Waals surface area contributed by atoms with Crippen molar-refractivity contribution in [3.8, 4) is 0 Å². The molecule has 0 aromatic rings. The molecule has 0 aliphatic heterocycles. The van der Waals surface area contributed by atoms with Crippen LogP contribution in [0, 0.1) is 0 Å². The van der Waals surface area contributed by atoms with Crippen molar-refractivity contribution in [1.29, 1.82) is 0 Å². The van der Waals surface area contributed by atoms with E-state index in [0.29, 0.717) is 0 Å². The molecule has 1 unspecified atom stereocenters. The molecule has 1 atom stereocenters. The number of hydrogen-bond acceptors (Lipinski definition) is 0. The predicted molar refractivity (Wildman–Crippen MR) is 61.0 cm³/mol. The molecule has 66 valence electrons. The molecule has 0 nitrogen and oxygen atoms in total. The number of rotatable bonds is 5. The van der Waals surface area contributed by atoms with Gasteiger partial charge < -0.3 is 0 Å². The molecule has 12 heavy (non-hydrogen) atoms. The van der Waals surface area contributed by atoms with Crippen molar-refractivity contribution in [2.45, 2.75) is 6.92 Å². The van der Waals surface area contributed by atoms with Gasteiger partial charge in [-0.2, -0.15) is 0 Å².